The fourth-order valence-electron chi connectivity index (χ4n) is 2.83. The van der Waals surface area contributed by atoms with Crippen LogP contribution in [0.4, 0.5) is 18.9 Å². The summed E-state index contributed by atoms with van der Waals surface area (Å²) in [6.45, 7) is 6.14. The number of aryl methyl sites for hydroxylation is 1. The number of allylic oxidation sites excluding steroid dienone is 1. The Kier molecular flexibility index (Phi) is 7.07. The van der Waals surface area contributed by atoms with Crippen LogP contribution in [0.25, 0.3) is 11.4 Å². The number of aromatic nitrogens is 3. The van der Waals surface area contributed by atoms with Gasteiger partial charge in [-0.25, -0.2) is 0 Å². The molecule has 1 N–H and O–H groups in total. The van der Waals surface area contributed by atoms with E-state index in [9.17, 15) is 18.0 Å². The van der Waals surface area contributed by atoms with Gasteiger partial charge in [-0.2, -0.15) is 13.2 Å². The third-order valence-electron chi connectivity index (χ3n) is 4.31. The highest BCUT2D eigenvalue weighted by atomic mass is 35.5. The van der Waals surface area contributed by atoms with E-state index in [1.165, 1.54) is 0 Å². The second-order valence-corrected chi connectivity index (χ2v) is 7.90. The minimum Gasteiger partial charge on any atom is -0.324 e. The standard InChI is InChI=1S/C21H18ClF3N4OS/c1-3-10-29-19(15-7-5-4-6-13(15)2)27-28-20(29)31-12-18(30)26-17-11-14(21(23,24)25)8-9-16(17)22/h3-9,11H,1,10,12H2,2H3,(H,26,30). The van der Waals surface area contributed by atoms with Gasteiger partial charge in [-0.1, -0.05) is 53.7 Å². The number of anilines is 1. The Morgan fingerprint density at radius 2 is 2.00 bits per heavy atom. The molecule has 1 aromatic heterocycles. The molecule has 162 valence electrons. The molecule has 2 aromatic carbocycles. The van der Waals surface area contributed by atoms with Crippen LogP contribution in [0.1, 0.15) is 11.1 Å². The number of alkyl halides is 3. The van der Waals surface area contributed by atoms with E-state index in [-0.39, 0.29) is 16.5 Å². The van der Waals surface area contributed by atoms with E-state index in [0.717, 1.165) is 41.1 Å². The summed E-state index contributed by atoms with van der Waals surface area (Å²) in [5.74, 6) is 0.0361. The van der Waals surface area contributed by atoms with Crippen LogP contribution in [0.3, 0.4) is 0 Å². The summed E-state index contributed by atoms with van der Waals surface area (Å²) < 4.78 is 40.5. The molecule has 0 fully saturated rings. The lowest BCUT2D eigenvalue weighted by Crippen LogP contribution is -2.16. The van der Waals surface area contributed by atoms with Crippen LogP contribution in [0.15, 0.2) is 60.3 Å². The Hall–Kier alpha value is -2.78. The molecule has 0 unspecified atom stereocenters. The topological polar surface area (TPSA) is 59.8 Å². The first-order valence-corrected chi connectivity index (χ1v) is 10.5. The zero-order chi connectivity index (χ0) is 22.6. The van der Waals surface area contributed by atoms with Gasteiger partial charge >= 0.3 is 6.18 Å². The number of nitrogens with zero attached hydrogens (tertiary/aromatic N) is 3. The van der Waals surface area contributed by atoms with Crippen molar-refractivity contribution in [3.8, 4) is 11.4 Å². The number of hydrogen-bond acceptors (Lipinski definition) is 4. The Morgan fingerprint density at radius 3 is 2.68 bits per heavy atom. The van der Waals surface area contributed by atoms with Gasteiger partial charge in [0.15, 0.2) is 11.0 Å². The summed E-state index contributed by atoms with van der Waals surface area (Å²) in [6, 6.07) is 10.5. The summed E-state index contributed by atoms with van der Waals surface area (Å²) >= 11 is 7.05. The third-order valence-corrected chi connectivity index (χ3v) is 5.61. The Balaban J connectivity index is 1.75. The molecule has 5 nitrogen and oxygen atoms in total. The van der Waals surface area contributed by atoms with E-state index in [0.29, 0.717) is 17.5 Å². The fraction of sp³-hybridized carbons (Fsp3) is 0.190. The van der Waals surface area contributed by atoms with Crippen molar-refractivity contribution >= 4 is 35.0 Å². The van der Waals surface area contributed by atoms with E-state index in [4.69, 9.17) is 11.6 Å². The normalized spacial score (nSPS) is 11.4. The SMILES string of the molecule is C=CCn1c(SCC(=O)Nc2cc(C(F)(F)F)ccc2Cl)nnc1-c1ccccc1C. The Labute approximate surface area is 186 Å². The van der Waals surface area contributed by atoms with Crippen LogP contribution in [0, 0.1) is 6.92 Å². The van der Waals surface area contributed by atoms with Crippen LogP contribution in [0.2, 0.25) is 5.02 Å². The second-order valence-electron chi connectivity index (χ2n) is 6.55. The minimum absolute atomic E-state index is 0.0167. The van der Waals surface area contributed by atoms with E-state index in [2.05, 4.69) is 22.1 Å². The molecular weight excluding hydrogens is 449 g/mol. The van der Waals surface area contributed by atoms with Crippen molar-refractivity contribution in [1.29, 1.82) is 0 Å². The van der Waals surface area contributed by atoms with Gasteiger partial charge < -0.3 is 5.32 Å². The molecule has 0 saturated heterocycles. The summed E-state index contributed by atoms with van der Waals surface area (Å²) in [5.41, 5.74) is 0.932. The first kappa shape index (κ1) is 22.9. The second kappa shape index (κ2) is 9.57. The molecule has 0 aliphatic carbocycles. The number of carbonyl (C=O) groups is 1. The average Bonchev–Trinajstić information content (AvgIpc) is 3.10. The molecule has 0 spiro atoms. The van der Waals surface area contributed by atoms with E-state index in [1.807, 2.05) is 35.8 Å². The van der Waals surface area contributed by atoms with Gasteiger partial charge in [0.1, 0.15) is 0 Å². The van der Waals surface area contributed by atoms with Crippen molar-refractivity contribution in [1.82, 2.24) is 14.8 Å². The smallest absolute Gasteiger partial charge is 0.324 e. The number of benzene rings is 2. The lowest BCUT2D eigenvalue weighted by Gasteiger charge is -2.12. The van der Waals surface area contributed by atoms with Crippen molar-refractivity contribution in [3.63, 3.8) is 0 Å². The van der Waals surface area contributed by atoms with Gasteiger partial charge in [-0.3, -0.25) is 9.36 Å². The Bertz CT molecular complexity index is 1110. The largest absolute Gasteiger partial charge is 0.416 e. The van der Waals surface area contributed by atoms with Crippen molar-refractivity contribution in [2.24, 2.45) is 0 Å². The molecule has 10 heteroatoms. The quantitative estimate of drug-likeness (QED) is 0.351. The number of carbonyl (C=O) groups excluding carboxylic acids is 1. The van der Waals surface area contributed by atoms with E-state index < -0.39 is 17.6 Å². The molecule has 0 saturated carbocycles. The van der Waals surface area contributed by atoms with Crippen LogP contribution < -0.4 is 5.32 Å². The van der Waals surface area contributed by atoms with Gasteiger partial charge in [-0.05, 0) is 30.7 Å². The van der Waals surface area contributed by atoms with Crippen molar-refractivity contribution in [2.75, 3.05) is 11.1 Å². The van der Waals surface area contributed by atoms with Gasteiger partial charge in [0, 0.05) is 12.1 Å². The molecule has 1 heterocycles. The van der Waals surface area contributed by atoms with E-state index >= 15 is 0 Å². The number of hydrogen-bond donors (Lipinski definition) is 1. The lowest BCUT2D eigenvalue weighted by atomic mass is 10.1. The zero-order valence-corrected chi connectivity index (χ0v) is 18.0. The molecule has 0 radical (unpaired) electrons. The molecule has 0 atom stereocenters. The van der Waals surface area contributed by atoms with Gasteiger partial charge in [0.2, 0.25) is 5.91 Å². The number of amides is 1. The predicted molar refractivity (Wildman–Crippen MR) is 116 cm³/mol. The van der Waals surface area contributed by atoms with Crippen LogP contribution in [0.5, 0.6) is 0 Å². The van der Waals surface area contributed by atoms with Gasteiger partial charge in [0.25, 0.3) is 0 Å². The summed E-state index contributed by atoms with van der Waals surface area (Å²) in [5, 5.41) is 11.3. The molecule has 0 aliphatic heterocycles. The lowest BCUT2D eigenvalue weighted by molar-refractivity contribution is -0.137. The molecule has 0 bridgehead atoms. The molecule has 3 aromatic rings. The highest BCUT2D eigenvalue weighted by molar-refractivity contribution is 7.99. The summed E-state index contributed by atoms with van der Waals surface area (Å²) in [4.78, 5) is 12.3. The van der Waals surface area contributed by atoms with Crippen LogP contribution in [-0.2, 0) is 17.5 Å². The van der Waals surface area contributed by atoms with Gasteiger partial charge in [-0.15, -0.1) is 16.8 Å². The number of halogens is 4. The van der Waals surface area contributed by atoms with Crippen molar-refractivity contribution in [3.05, 3.63) is 71.3 Å². The first-order chi connectivity index (χ1) is 14.7. The minimum atomic E-state index is -4.54. The molecule has 1 amide bonds. The molecule has 0 aliphatic rings. The number of thioether (sulfide) groups is 1. The highest BCUT2D eigenvalue weighted by Gasteiger charge is 2.31. The highest BCUT2D eigenvalue weighted by Crippen LogP contribution is 2.34. The number of rotatable bonds is 7. The van der Waals surface area contributed by atoms with Crippen molar-refractivity contribution < 1.29 is 18.0 Å². The van der Waals surface area contributed by atoms with E-state index in [1.54, 1.807) is 6.08 Å². The predicted octanol–water partition coefficient (Wildman–Crippen LogP) is 5.84. The average molecular weight is 467 g/mol. The maximum Gasteiger partial charge on any atom is 0.416 e. The van der Waals surface area contributed by atoms with Crippen molar-refractivity contribution in [2.45, 2.75) is 24.8 Å². The number of nitrogens with one attached hydrogen (secondary N) is 1. The monoisotopic (exact) mass is 466 g/mol. The van der Waals surface area contributed by atoms with Gasteiger partial charge in [0.05, 0.1) is 22.0 Å². The Morgan fingerprint density at radius 1 is 1.26 bits per heavy atom. The fourth-order valence-corrected chi connectivity index (χ4v) is 3.74. The van der Waals surface area contributed by atoms with Crippen LogP contribution >= 0.6 is 23.4 Å². The third kappa shape index (κ3) is 5.48. The molecule has 31 heavy (non-hydrogen) atoms. The molecule has 3 rings (SSSR count). The zero-order valence-electron chi connectivity index (χ0n) is 16.4. The summed E-state index contributed by atoms with van der Waals surface area (Å²) in [6.07, 6.45) is -2.84. The molecular formula is C21H18ClF3N4OS. The first-order valence-electron chi connectivity index (χ1n) is 9.10. The summed E-state index contributed by atoms with van der Waals surface area (Å²) in [7, 11) is 0. The van der Waals surface area contributed by atoms with Crippen LogP contribution in [-0.4, -0.2) is 26.4 Å². The maximum absolute atomic E-state index is 12.9. The maximum atomic E-state index is 12.9.